The summed E-state index contributed by atoms with van der Waals surface area (Å²) in [4.78, 5) is 25.2. The summed E-state index contributed by atoms with van der Waals surface area (Å²) >= 11 is 0. The average Bonchev–Trinajstić information content (AvgIpc) is 3.34. The second-order valence-corrected chi connectivity index (χ2v) is 9.26. The van der Waals surface area contributed by atoms with Gasteiger partial charge in [-0.15, -0.1) is 0 Å². The Labute approximate surface area is 175 Å². The Hall–Kier alpha value is -2.60. The predicted molar refractivity (Wildman–Crippen MR) is 116 cm³/mol. The van der Waals surface area contributed by atoms with Gasteiger partial charge < -0.3 is 18.9 Å². The summed E-state index contributed by atoms with van der Waals surface area (Å²) in [6.07, 6.45) is 3.81. The zero-order chi connectivity index (χ0) is 21.6. The number of furan rings is 1. The maximum atomic E-state index is 12.7. The highest BCUT2D eigenvalue weighted by atomic mass is 16.5. The third-order valence-corrected chi connectivity index (χ3v) is 6.04. The van der Waals surface area contributed by atoms with Crippen molar-refractivity contribution >= 4 is 27.8 Å². The van der Waals surface area contributed by atoms with Crippen molar-refractivity contribution < 1.29 is 18.4 Å². The summed E-state index contributed by atoms with van der Waals surface area (Å²) in [7, 11) is 0. The predicted octanol–water partition coefficient (Wildman–Crippen LogP) is 4.29. The van der Waals surface area contributed by atoms with Crippen LogP contribution in [0.5, 0.6) is 0 Å². The minimum Gasteiger partial charge on any atom is -0.464 e. The zero-order valence-electron chi connectivity index (χ0n) is 18.3. The highest BCUT2D eigenvalue weighted by molar-refractivity contribution is 6.00. The molecule has 6 nitrogen and oxygen atoms in total. The highest BCUT2D eigenvalue weighted by Crippen LogP contribution is 2.37. The van der Waals surface area contributed by atoms with Crippen molar-refractivity contribution in [3.63, 3.8) is 0 Å². The molecule has 0 spiro atoms. The molecule has 3 aromatic rings. The van der Waals surface area contributed by atoms with Crippen molar-refractivity contribution in [2.24, 2.45) is 0 Å². The van der Waals surface area contributed by atoms with E-state index >= 15 is 0 Å². The van der Waals surface area contributed by atoms with Crippen molar-refractivity contribution in [2.75, 3.05) is 13.2 Å². The first-order valence-electron chi connectivity index (χ1n) is 10.5. The molecule has 1 atom stereocenters. The number of ether oxygens (including phenoxy) is 1. The molecule has 0 radical (unpaired) electrons. The van der Waals surface area contributed by atoms with E-state index in [1.54, 1.807) is 6.26 Å². The number of carbonyl (C=O) groups is 1. The standard InChI is InChI=1S/C24H29NO5/c1-13-16-9-18-19(24(3,4)5)12-29-21(18)14(2)22(16)30-23(27)17(13)10-20(26)25-11-15-7-6-8-28-15/h9,12,15H,6-8,10-11H2,1-5H3,(H,25,26). The van der Waals surface area contributed by atoms with Crippen LogP contribution in [0.25, 0.3) is 21.9 Å². The normalized spacial score (nSPS) is 17.2. The van der Waals surface area contributed by atoms with E-state index in [0.717, 1.165) is 52.5 Å². The molecule has 0 aliphatic carbocycles. The zero-order valence-corrected chi connectivity index (χ0v) is 18.3. The maximum absolute atomic E-state index is 12.7. The topological polar surface area (TPSA) is 81.7 Å². The molecule has 6 heteroatoms. The molecule has 1 N–H and O–H groups in total. The van der Waals surface area contributed by atoms with Crippen molar-refractivity contribution in [2.45, 2.75) is 65.4 Å². The monoisotopic (exact) mass is 411 g/mol. The first kappa shape index (κ1) is 20.7. The second kappa shape index (κ2) is 7.58. The first-order valence-corrected chi connectivity index (χ1v) is 10.5. The minimum atomic E-state index is -0.475. The van der Waals surface area contributed by atoms with Gasteiger partial charge in [0.2, 0.25) is 5.91 Å². The lowest BCUT2D eigenvalue weighted by Gasteiger charge is -2.17. The lowest BCUT2D eigenvalue weighted by atomic mass is 9.86. The largest absolute Gasteiger partial charge is 0.464 e. The minimum absolute atomic E-state index is 0.00851. The van der Waals surface area contributed by atoms with Crippen molar-refractivity contribution in [1.29, 1.82) is 0 Å². The third kappa shape index (κ3) is 3.65. The van der Waals surface area contributed by atoms with Crippen LogP contribution >= 0.6 is 0 Å². The molecule has 160 valence electrons. The molecular formula is C24H29NO5. The van der Waals surface area contributed by atoms with E-state index < -0.39 is 5.63 Å². The second-order valence-electron chi connectivity index (χ2n) is 9.26. The molecule has 1 saturated heterocycles. The number of rotatable bonds is 4. The smallest absolute Gasteiger partial charge is 0.340 e. The van der Waals surface area contributed by atoms with Crippen LogP contribution < -0.4 is 10.9 Å². The van der Waals surface area contributed by atoms with Crippen LogP contribution in [0.15, 0.2) is 26.0 Å². The van der Waals surface area contributed by atoms with Gasteiger partial charge in [-0.05, 0) is 43.7 Å². The molecular weight excluding hydrogens is 382 g/mol. The summed E-state index contributed by atoms with van der Waals surface area (Å²) in [5.74, 6) is -0.197. The fourth-order valence-corrected chi connectivity index (χ4v) is 4.24. The number of carbonyl (C=O) groups excluding carboxylic acids is 1. The Kier molecular flexibility index (Phi) is 5.22. The molecule has 1 amide bonds. The Bertz CT molecular complexity index is 1170. The van der Waals surface area contributed by atoms with Crippen molar-refractivity contribution in [1.82, 2.24) is 5.32 Å². The summed E-state index contributed by atoms with van der Waals surface area (Å²) in [5, 5.41) is 4.74. The Balaban J connectivity index is 1.73. The van der Waals surface area contributed by atoms with E-state index in [9.17, 15) is 9.59 Å². The molecule has 30 heavy (non-hydrogen) atoms. The molecule has 0 bridgehead atoms. The lowest BCUT2D eigenvalue weighted by Crippen LogP contribution is -2.34. The lowest BCUT2D eigenvalue weighted by molar-refractivity contribution is -0.121. The average molecular weight is 411 g/mol. The van der Waals surface area contributed by atoms with Gasteiger partial charge in [-0.3, -0.25) is 4.79 Å². The van der Waals surface area contributed by atoms with E-state index in [-0.39, 0.29) is 23.8 Å². The fraction of sp³-hybridized carbons (Fsp3) is 0.500. The van der Waals surface area contributed by atoms with E-state index in [0.29, 0.717) is 17.7 Å². The fourth-order valence-electron chi connectivity index (χ4n) is 4.24. The molecule has 0 saturated carbocycles. The summed E-state index contributed by atoms with van der Waals surface area (Å²) < 4.78 is 17.0. The third-order valence-electron chi connectivity index (χ3n) is 6.04. The van der Waals surface area contributed by atoms with Gasteiger partial charge in [0.05, 0.1) is 24.4 Å². The number of amides is 1. The van der Waals surface area contributed by atoms with Crippen LogP contribution in [-0.2, 0) is 21.4 Å². The number of hydrogen-bond donors (Lipinski definition) is 1. The number of benzene rings is 1. The van der Waals surface area contributed by atoms with Crippen LogP contribution in [0.4, 0.5) is 0 Å². The number of hydrogen-bond acceptors (Lipinski definition) is 5. The molecule has 1 aliphatic heterocycles. The Morgan fingerprint density at radius 3 is 2.60 bits per heavy atom. The van der Waals surface area contributed by atoms with Gasteiger partial charge in [-0.1, -0.05) is 20.8 Å². The maximum Gasteiger partial charge on any atom is 0.340 e. The highest BCUT2D eigenvalue weighted by Gasteiger charge is 2.24. The van der Waals surface area contributed by atoms with E-state index in [2.05, 4.69) is 26.1 Å². The molecule has 1 unspecified atom stereocenters. The molecule has 4 rings (SSSR count). The molecule has 3 heterocycles. The van der Waals surface area contributed by atoms with E-state index in [4.69, 9.17) is 13.6 Å². The Morgan fingerprint density at radius 1 is 1.17 bits per heavy atom. The molecule has 1 aromatic carbocycles. The van der Waals surface area contributed by atoms with Crippen molar-refractivity contribution in [3.05, 3.63) is 45.0 Å². The molecule has 1 aliphatic rings. The summed E-state index contributed by atoms with van der Waals surface area (Å²) in [6, 6.07) is 2.02. The molecule has 2 aromatic heterocycles. The van der Waals surface area contributed by atoms with Crippen molar-refractivity contribution in [3.8, 4) is 0 Å². The SMILES string of the molecule is Cc1c(CC(=O)NCC2CCCO2)c(=O)oc2c(C)c3occ(C(C)(C)C)c3cc12. The van der Waals surface area contributed by atoms with Crippen LogP contribution in [0.3, 0.4) is 0 Å². The summed E-state index contributed by atoms with van der Waals surface area (Å²) in [5.41, 5.74) is 3.76. The van der Waals surface area contributed by atoms with Gasteiger partial charge in [-0.2, -0.15) is 0 Å². The van der Waals surface area contributed by atoms with Crippen LogP contribution in [0.2, 0.25) is 0 Å². The van der Waals surface area contributed by atoms with Gasteiger partial charge in [0.1, 0.15) is 11.2 Å². The van der Waals surface area contributed by atoms with Gasteiger partial charge in [0.25, 0.3) is 0 Å². The number of fused-ring (bicyclic) bond motifs is 2. The summed E-state index contributed by atoms with van der Waals surface area (Å²) in [6.45, 7) is 11.4. The van der Waals surface area contributed by atoms with Gasteiger partial charge >= 0.3 is 5.63 Å². The van der Waals surface area contributed by atoms with Gasteiger partial charge in [0.15, 0.2) is 0 Å². The van der Waals surface area contributed by atoms with E-state index in [1.807, 2.05) is 19.9 Å². The molecule has 1 fully saturated rings. The number of aryl methyl sites for hydroxylation is 2. The Morgan fingerprint density at radius 2 is 1.93 bits per heavy atom. The van der Waals surface area contributed by atoms with E-state index in [1.165, 1.54) is 0 Å². The van der Waals surface area contributed by atoms with Gasteiger partial charge in [0, 0.05) is 35.1 Å². The quantitative estimate of drug-likeness (QED) is 0.648. The number of nitrogens with one attached hydrogen (secondary N) is 1. The van der Waals surface area contributed by atoms with Crippen LogP contribution in [0, 0.1) is 13.8 Å². The first-order chi connectivity index (χ1) is 14.2. The van der Waals surface area contributed by atoms with Crippen LogP contribution in [-0.4, -0.2) is 25.2 Å². The van der Waals surface area contributed by atoms with Crippen LogP contribution in [0.1, 0.15) is 55.9 Å². The van der Waals surface area contributed by atoms with Gasteiger partial charge in [-0.25, -0.2) is 4.79 Å².